The monoisotopic (exact) mass is 428 g/mol. The van der Waals surface area contributed by atoms with Gasteiger partial charge in [-0.1, -0.05) is 25.5 Å². The van der Waals surface area contributed by atoms with Crippen molar-refractivity contribution in [2.75, 3.05) is 18.7 Å². The summed E-state index contributed by atoms with van der Waals surface area (Å²) in [7, 11) is 1.64. The van der Waals surface area contributed by atoms with Crippen LogP contribution in [0.3, 0.4) is 0 Å². The summed E-state index contributed by atoms with van der Waals surface area (Å²) in [6, 6.07) is 5.93. The number of ether oxygens (including phenoxy) is 1. The first-order chi connectivity index (χ1) is 13.8. The van der Waals surface area contributed by atoms with Crippen LogP contribution < -0.4 is 10.1 Å². The molecule has 0 aliphatic carbocycles. The minimum Gasteiger partial charge on any atom is -0.496 e. The summed E-state index contributed by atoms with van der Waals surface area (Å²) in [6.45, 7) is 7.93. The molecule has 2 aromatic heterocycles. The number of anilines is 1. The molecule has 0 radical (unpaired) electrons. The van der Waals surface area contributed by atoms with E-state index in [1.165, 1.54) is 23.1 Å². The molecule has 0 aliphatic heterocycles. The van der Waals surface area contributed by atoms with Crippen LogP contribution in [0.4, 0.5) is 5.13 Å². The van der Waals surface area contributed by atoms with E-state index in [2.05, 4.69) is 20.3 Å². The molecular formula is C21H24N4O2S2. The smallest absolute Gasteiger partial charge is 0.262 e. The highest BCUT2D eigenvalue weighted by molar-refractivity contribution is 7.98. The molecule has 8 heteroatoms. The molecule has 0 bridgehead atoms. The first kappa shape index (κ1) is 21.3. The molecule has 0 saturated carbocycles. The van der Waals surface area contributed by atoms with Crippen LogP contribution in [-0.2, 0) is 0 Å². The lowest BCUT2D eigenvalue weighted by Gasteiger charge is -2.12. The first-order valence-corrected chi connectivity index (χ1v) is 11.3. The normalized spacial score (nSPS) is 11.0. The third kappa shape index (κ3) is 4.59. The number of thiazole rings is 1. The maximum absolute atomic E-state index is 13.0. The van der Waals surface area contributed by atoms with Gasteiger partial charge in [0.05, 0.1) is 24.1 Å². The Labute approximate surface area is 179 Å². The summed E-state index contributed by atoms with van der Waals surface area (Å²) in [4.78, 5) is 26.6. The lowest BCUT2D eigenvalue weighted by Crippen LogP contribution is -2.17. The molecule has 2 heterocycles. The van der Waals surface area contributed by atoms with Crippen LogP contribution in [0, 0.1) is 13.8 Å². The Balaban J connectivity index is 1.89. The number of carbonyl (C=O) groups is 1. The third-order valence-electron chi connectivity index (χ3n) is 4.37. The fourth-order valence-electron chi connectivity index (χ4n) is 2.87. The third-order valence-corrected chi connectivity index (χ3v) is 5.81. The van der Waals surface area contributed by atoms with Gasteiger partial charge in [0.15, 0.2) is 5.13 Å². The van der Waals surface area contributed by atoms with Gasteiger partial charge in [-0.15, -0.1) is 23.1 Å². The fourth-order valence-corrected chi connectivity index (χ4v) is 4.21. The van der Waals surface area contributed by atoms with Crippen molar-refractivity contribution in [3.05, 3.63) is 46.2 Å². The Morgan fingerprint density at radius 3 is 2.62 bits per heavy atom. The number of hydrogen-bond donors (Lipinski definition) is 1. The Bertz CT molecular complexity index is 1050. The van der Waals surface area contributed by atoms with Crippen molar-refractivity contribution >= 4 is 34.1 Å². The number of aromatic nitrogens is 3. The fraction of sp³-hybridized carbons (Fsp3) is 0.333. The van der Waals surface area contributed by atoms with Crippen molar-refractivity contribution in [3.63, 3.8) is 0 Å². The van der Waals surface area contributed by atoms with Gasteiger partial charge in [-0.2, -0.15) is 0 Å². The highest BCUT2D eigenvalue weighted by Gasteiger charge is 2.21. The topological polar surface area (TPSA) is 77.0 Å². The SMILES string of the molecule is COc1ccc(C)cc1-c1csc(NC(=O)c2c(C)nc(C(C)C)nc2SC)n1. The molecule has 1 N–H and O–H groups in total. The largest absolute Gasteiger partial charge is 0.496 e. The van der Waals surface area contributed by atoms with Gasteiger partial charge in [-0.3, -0.25) is 10.1 Å². The zero-order chi connectivity index (χ0) is 21.1. The number of hydrogen-bond acceptors (Lipinski definition) is 7. The number of methoxy groups -OCH3 is 1. The van der Waals surface area contributed by atoms with Gasteiger partial charge < -0.3 is 4.74 Å². The van der Waals surface area contributed by atoms with Crippen molar-refractivity contribution in [2.24, 2.45) is 0 Å². The van der Waals surface area contributed by atoms with Crippen molar-refractivity contribution in [1.82, 2.24) is 15.0 Å². The van der Waals surface area contributed by atoms with E-state index >= 15 is 0 Å². The maximum Gasteiger partial charge on any atom is 0.262 e. The van der Waals surface area contributed by atoms with Crippen molar-refractivity contribution in [3.8, 4) is 17.0 Å². The number of nitrogens with one attached hydrogen (secondary N) is 1. The van der Waals surface area contributed by atoms with Gasteiger partial charge in [-0.25, -0.2) is 15.0 Å². The number of aryl methyl sites for hydroxylation is 2. The van der Waals surface area contributed by atoms with E-state index in [1.807, 2.05) is 57.5 Å². The molecule has 0 fully saturated rings. The molecule has 29 heavy (non-hydrogen) atoms. The second kappa shape index (κ2) is 8.92. The number of carbonyl (C=O) groups excluding carboxylic acids is 1. The molecule has 0 unspecified atom stereocenters. The summed E-state index contributed by atoms with van der Waals surface area (Å²) in [5, 5.41) is 6.01. The molecule has 3 aromatic rings. The molecule has 0 aliphatic rings. The first-order valence-electron chi connectivity index (χ1n) is 9.18. The molecule has 1 amide bonds. The molecule has 0 atom stereocenters. The number of benzene rings is 1. The van der Waals surface area contributed by atoms with Gasteiger partial charge in [-0.05, 0) is 32.2 Å². The predicted molar refractivity (Wildman–Crippen MR) is 119 cm³/mol. The Morgan fingerprint density at radius 2 is 1.97 bits per heavy atom. The van der Waals surface area contributed by atoms with Gasteiger partial charge >= 0.3 is 0 Å². The second-order valence-electron chi connectivity index (χ2n) is 6.90. The van der Waals surface area contributed by atoms with Gasteiger partial charge in [0.25, 0.3) is 5.91 Å². The minimum absolute atomic E-state index is 0.197. The quantitative estimate of drug-likeness (QED) is 0.423. The molecule has 1 aromatic carbocycles. The number of thioether (sulfide) groups is 1. The molecule has 0 saturated heterocycles. The average Bonchev–Trinajstić information content (AvgIpc) is 3.15. The summed E-state index contributed by atoms with van der Waals surface area (Å²) in [5.74, 6) is 1.44. The van der Waals surface area contributed by atoms with Crippen LogP contribution in [0.5, 0.6) is 5.75 Å². The van der Waals surface area contributed by atoms with E-state index < -0.39 is 0 Å². The molecule has 3 rings (SSSR count). The molecule has 152 valence electrons. The zero-order valence-electron chi connectivity index (χ0n) is 17.4. The van der Waals surface area contributed by atoms with E-state index in [1.54, 1.807) is 7.11 Å². The van der Waals surface area contributed by atoms with Crippen molar-refractivity contribution < 1.29 is 9.53 Å². The van der Waals surface area contributed by atoms with Crippen LogP contribution in [-0.4, -0.2) is 34.2 Å². The summed E-state index contributed by atoms with van der Waals surface area (Å²) >= 11 is 2.82. The lowest BCUT2D eigenvalue weighted by atomic mass is 10.1. The maximum atomic E-state index is 13.0. The number of rotatable bonds is 6. The average molecular weight is 429 g/mol. The highest BCUT2D eigenvalue weighted by Crippen LogP contribution is 2.33. The van der Waals surface area contributed by atoms with Crippen LogP contribution in [0.25, 0.3) is 11.3 Å². The summed E-state index contributed by atoms with van der Waals surface area (Å²) in [5.41, 5.74) is 3.94. The second-order valence-corrected chi connectivity index (χ2v) is 8.56. The Hall–Kier alpha value is -2.45. The lowest BCUT2D eigenvalue weighted by molar-refractivity contribution is 0.102. The van der Waals surface area contributed by atoms with Crippen LogP contribution in [0.1, 0.15) is 47.2 Å². The van der Waals surface area contributed by atoms with Crippen LogP contribution >= 0.6 is 23.1 Å². The summed E-state index contributed by atoms with van der Waals surface area (Å²) < 4.78 is 5.45. The van der Waals surface area contributed by atoms with E-state index in [4.69, 9.17) is 4.74 Å². The van der Waals surface area contributed by atoms with Crippen LogP contribution in [0.2, 0.25) is 0 Å². The molecule has 6 nitrogen and oxygen atoms in total. The van der Waals surface area contributed by atoms with Gasteiger partial charge in [0.2, 0.25) is 0 Å². The number of amides is 1. The Morgan fingerprint density at radius 1 is 1.21 bits per heavy atom. The zero-order valence-corrected chi connectivity index (χ0v) is 19.0. The predicted octanol–water partition coefficient (Wildman–Crippen LogP) is 5.32. The summed E-state index contributed by atoms with van der Waals surface area (Å²) in [6.07, 6.45) is 1.91. The highest BCUT2D eigenvalue weighted by atomic mass is 32.2. The molecular weight excluding hydrogens is 404 g/mol. The molecule has 0 spiro atoms. The van der Waals surface area contributed by atoms with E-state index in [0.717, 1.165) is 28.4 Å². The van der Waals surface area contributed by atoms with Crippen LogP contribution in [0.15, 0.2) is 28.6 Å². The van der Waals surface area contributed by atoms with Gasteiger partial charge in [0, 0.05) is 16.9 Å². The Kier molecular flexibility index (Phi) is 6.54. The number of nitrogens with zero attached hydrogens (tertiary/aromatic N) is 3. The van der Waals surface area contributed by atoms with E-state index in [-0.39, 0.29) is 11.8 Å². The van der Waals surface area contributed by atoms with E-state index in [0.29, 0.717) is 21.4 Å². The van der Waals surface area contributed by atoms with Gasteiger partial charge in [0.1, 0.15) is 16.6 Å². The standard InChI is InChI=1S/C21H24N4O2S2/c1-11(2)18-22-13(4)17(20(24-18)28-6)19(26)25-21-23-15(10-29-21)14-9-12(3)7-8-16(14)27-5/h7-11H,1-6H3,(H,23,25,26). The van der Waals surface area contributed by atoms with Crippen molar-refractivity contribution in [2.45, 2.75) is 38.6 Å². The minimum atomic E-state index is -0.251. The van der Waals surface area contributed by atoms with E-state index in [9.17, 15) is 4.79 Å². The van der Waals surface area contributed by atoms with Crippen molar-refractivity contribution in [1.29, 1.82) is 0 Å².